The van der Waals surface area contributed by atoms with Gasteiger partial charge in [0.05, 0.1) is 13.2 Å². The molecule has 0 aliphatic carbocycles. The number of hydrogen-bond acceptors (Lipinski definition) is 5. The summed E-state index contributed by atoms with van der Waals surface area (Å²) in [5.74, 6) is 0.604. The normalized spacial score (nSPS) is 12.4. The van der Waals surface area contributed by atoms with E-state index in [1.54, 1.807) is 6.33 Å². The van der Waals surface area contributed by atoms with E-state index < -0.39 is 0 Å². The Bertz CT molecular complexity index is 351. The third kappa shape index (κ3) is 4.14. The van der Waals surface area contributed by atoms with Gasteiger partial charge in [0.2, 0.25) is 0 Å². The number of aryl methyl sites for hydroxylation is 1. The predicted octanol–water partition coefficient (Wildman–Crippen LogP) is 0.636. The molecule has 1 atom stereocenters. The average Bonchev–Trinajstić information content (AvgIpc) is 2.70. The summed E-state index contributed by atoms with van der Waals surface area (Å²) in [6.07, 6.45) is 3.32. The summed E-state index contributed by atoms with van der Waals surface area (Å²) in [5.41, 5.74) is 0. The van der Waals surface area contributed by atoms with Gasteiger partial charge in [-0.1, -0.05) is 13.3 Å². The zero-order valence-electron chi connectivity index (χ0n) is 10.6. The van der Waals surface area contributed by atoms with E-state index >= 15 is 0 Å². The van der Waals surface area contributed by atoms with E-state index in [1.165, 1.54) is 0 Å². The van der Waals surface area contributed by atoms with E-state index in [0.717, 1.165) is 18.7 Å². The van der Waals surface area contributed by atoms with Crippen LogP contribution >= 0.6 is 0 Å². The van der Waals surface area contributed by atoms with Gasteiger partial charge in [-0.3, -0.25) is 10.1 Å². The second-order valence-electron chi connectivity index (χ2n) is 3.83. The smallest absolute Gasteiger partial charge is 0.323 e. The molecule has 0 amide bonds. The summed E-state index contributed by atoms with van der Waals surface area (Å²) in [4.78, 5) is 11.7. The van der Waals surface area contributed by atoms with Crippen molar-refractivity contribution in [1.82, 2.24) is 20.1 Å². The Kier molecular flexibility index (Phi) is 5.62. The third-order valence-corrected chi connectivity index (χ3v) is 2.46. The van der Waals surface area contributed by atoms with Crippen molar-refractivity contribution in [1.29, 1.82) is 0 Å². The molecule has 0 aromatic carbocycles. The van der Waals surface area contributed by atoms with Crippen molar-refractivity contribution in [3.63, 3.8) is 0 Å². The van der Waals surface area contributed by atoms with Gasteiger partial charge < -0.3 is 9.30 Å². The molecule has 0 saturated carbocycles. The number of nitrogens with one attached hydrogen (secondary N) is 1. The number of carbonyl (C=O) groups is 1. The second kappa shape index (κ2) is 7.01. The van der Waals surface area contributed by atoms with Crippen molar-refractivity contribution in [2.24, 2.45) is 7.05 Å². The molecule has 0 radical (unpaired) electrons. The quantitative estimate of drug-likeness (QED) is 0.708. The Morgan fingerprint density at radius 1 is 1.59 bits per heavy atom. The zero-order chi connectivity index (χ0) is 12.7. The summed E-state index contributed by atoms with van der Waals surface area (Å²) in [7, 11) is 1.87. The number of aromatic nitrogens is 3. The highest BCUT2D eigenvalue weighted by atomic mass is 16.5. The molecule has 1 aromatic rings. The SMILES string of the molecule is CCCC(NCc1nncn1C)C(=O)OCC. The number of nitrogens with zero attached hydrogens (tertiary/aromatic N) is 3. The number of ether oxygens (including phenoxy) is 1. The molecule has 6 heteroatoms. The van der Waals surface area contributed by atoms with Crippen molar-refractivity contribution in [2.45, 2.75) is 39.3 Å². The monoisotopic (exact) mass is 240 g/mol. The number of carbonyl (C=O) groups excluding carboxylic acids is 1. The molecular weight excluding hydrogens is 220 g/mol. The van der Waals surface area contributed by atoms with Crippen LogP contribution in [0, 0.1) is 0 Å². The molecule has 0 saturated heterocycles. The standard InChI is InChI=1S/C11H20N4O2/c1-4-6-9(11(16)17-5-2)12-7-10-14-13-8-15(10)3/h8-9,12H,4-7H2,1-3H3. The number of hydrogen-bond donors (Lipinski definition) is 1. The van der Waals surface area contributed by atoms with Crippen molar-refractivity contribution < 1.29 is 9.53 Å². The zero-order valence-corrected chi connectivity index (χ0v) is 10.6. The summed E-state index contributed by atoms with van der Waals surface area (Å²) >= 11 is 0. The molecule has 17 heavy (non-hydrogen) atoms. The minimum atomic E-state index is -0.267. The lowest BCUT2D eigenvalue weighted by Crippen LogP contribution is -2.38. The van der Waals surface area contributed by atoms with Crippen LogP contribution in [0.15, 0.2) is 6.33 Å². The van der Waals surface area contributed by atoms with Gasteiger partial charge in [-0.2, -0.15) is 0 Å². The van der Waals surface area contributed by atoms with Crippen LogP contribution in [0.4, 0.5) is 0 Å². The molecule has 1 aromatic heterocycles. The molecule has 1 heterocycles. The van der Waals surface area contributed by atoms with Crippen LogP contribution < -0.4 is 5.32 Å². The number of rotatable bonds is 7. The maximum absolute atomic E-state index is 11.7. The third-order valence-electron chi connectivity index (χ3n) is 2.46. The van der Waals surface area contributed by atoms with E-state index in [1.807, 2.05) is 25.5 Å². The molecule has 1 rings (SSSR count). The molecule has 96 valence electrons. The fraction of sp³-hybridized carbons (Fsp3) is 0.727. The highest BCUT2D eigenvalue weighted by Gasteiger charge is 2.18. The lowest BCUT2D eigenvalue weighted by molar-refractivity contribution is -0.145. The fourth-order valence-corrected chi connectivity index (χ4v) is 1.52. The van der Waals surface area contributed by atoms with Crippen LogP contribution in [0.1, 0.15) is 32.5 Å². The minimum Gasteiger partial charge on any atom is -0.465 e. The first-order valence-corrected chi connectivity index (χ1v) is 5.91. The lowest BCUT2D eigenvalue weighted by Gasteiger charge is -2.15. The summed E-state index contributed by atoms with van der Waals surface area (Å²) in [6.45, 7) is 4.77. The first kappa shape index (κ1) is 13.6. The topological polar surface area (TPSA) is 69.0 Å². The van der Waals surface area contributed by atoms with Gasteiger partial charge in [0.1, 0.15) is 18.2 Å². The Labute approximate surface area is 101 Å². The number of esters is 1. The van der Waals surface area contributed by atoms with Gasteiger partial charge in [0.15, 0.2) is 0 Å². The first-order valence-electron chi connectivity index (χ1n) is 5.91. The predicted molar refractivity (Wildman–Crippen MR) is 63.2 cm³/mol. The average molecular weight is 240 g/mol. The van der Waals surface area contributed by atoms with Crippen LogP contribution in [-0.2, 0) is 23.1 Å². The van der Waals surface area contributed by atoms with Crippen molar-refractivity contribution >= 4 is 5.97 Å². The maximum Gasteiger partial charge on any atom is 0.323 e. The van der Waals surface area contributed by atoms with Crippen molar-refractivity contribution in [3.8, 4) is 0 Å². The molecular formula is C11H20N4O2. The van der Waals surface area contributed by atoms with Gasteiger partial charge in [-0.25, -0.2) is 0 Å². The Morgan fingerprint density at radius 3 is 2.88 bits per heavy atom. The van der Waals surface area contributed by atoms with E-state index in [2.05, 4.69) is 15.5 Å². The molecule has 0 fully saturated rings. The van der Waals surface area contributed by atoms with E-state index in [4.69, 9.17) is 4.74 Å². The van der Waals surface area contributed by atoms with Gasteiger partial charge in [0, 0.05) is 7.05 Å². The summed E-state index contributed by atoms with van der Waals surface area (Å²) in [5, 5.41) is 10.9. The Balaban J connectivity index is 2.49. The van der Waals surface area contributed by atoms with Gasteiger partial charge in [-0.05, 0) is 13.3 Å². The fourth-order valence-electron chi connectivity index (χ4n) is 1.52. The Morgan fingerprint density at radius 2 is 2.35 bits per heavy atom. The van der Waals surface area contributed by atoms with Crippen LogP contribution in [0.25, 0.3) is 0 Å². The van der Waals surface area contributed by atoms with Gasteiger partial charge >= 0.3 is 5.97 Å². The maximum atomic E-state index is 11.7. The Hall–Kier alpha value is -1.43. The minimum absolute atomic E-state index is 0.198. The van der Waals surface area contributed by atoms with Crippen LogP contribution in [0.2, 0.25) is 0 Å². The van der Waals surface area contributed by atoms with E-state index in [9.17, 15) is 4.79 Å². The van der Waals surface area contributed by atoms with Gasteiger partial charge in [0.25, 0.3) is 0 Å². The molecule has 1 unspecified atom stereocenters. The van der Waals surface area contributed by atoms with Gasteiger partial charge in [-0.15, -0.1) is 10.2 Å². The van der Waals surface area contributed by atoms with E-state index in [-0.39, 0.29) is 12.0 Å². The van der Waals surface area contributed by atoms with Crippen molar-refractivity contribution in [2.75, 3.05) is 6.61 Å². The largest absolute Gasteiger partial charge is 0.465 e. The molecule has 0 spiro atoms. The molecule has 0 bridgehead atoms. The highest BCUT2D eigenvalue weighted by molar-refractivity contribution is 5.75. The second-order valence-corrected chi connectivity index (χ2v) is 3.83. The molecule has 0 aliphatic heterocycles. The van der Waals surface area contributed by atoms with E-state index in [0.29, 0.717) is 13.2 Å². The first-order chi connectivity index (χ1) is 8.19. The lowest BCUT2D eigenvalue weighted by atomic mass is 10.1. The summed E-state index contributed by atoms with van der Waals surface area (Å²) in [6, 6.07) is -0.267. The van der Waals surface area contributed by atoms with Crippen LogP contribution in [-0.4, -0.2) is 33.4 Å². The molecule has 1 N–H and O–H groups in total. The molecule has 6 nitrogen and oxygen atoms in total. The highest BCUT2D eigenvalue weighted by Crippen LogP contribution is 2.01. The molecule has 0 aliphatic rings. The summed E-state index contributed by atoms with van der Waals surface area (Å²) < 4.78 is 6.83. The van der Waals surface area contributed by atoms with Crippen LogP contribution in [0.5, 0.6) is 0 Å². The van der Waals surface area contributed by atoms with Crippen molar-refractivity contribution in [3.05, 3.63) is 12.2 Å². The van der Waals surface area contributed by atoms with Crippen LogP contribution in [0.3, 0.4) is 0 Å².